The molecule has 2 rings (SSSR count). The van der Waals surface area contributed by atoms with E-state index < -0.39 is 21.8 Å². The van der Waals surface area contributed by atoms with E-state index in [0.29, 0.717) is 48.3 Å². The van der Waals surface area contributed by atoms with Gasteiger partial charge in [-0.15, -0.1) is 0 Å². The minimum absolute atomic E-state index is 0.0765. The maximum absolute atomic E-state index is 13.0. The minimum Gasteiger partial charge on any atom is -0.489 e. The first-order valence-electron chi connectivity index (χ1n) is 10.3. The molecule has 1 amide bonds. The van der Waals surface area contributed by atoms with Crippen molar-refractivity contribution >= 4 is 40.1 Å². The van der Waals surface area contributed by atoms with Gasteiger partial charge >= 0.3 is 0 Å². The van der Waals surface area contributed by atoms with Gasteiger partial charge in [0.05, 0.1) is 31.8 Å². The van der Waals surface area contributed by atoms with Gasteiger partial charge in [0.2, 0.25) is 0 Å². The largest absolute Gasteiger partial charge is 0.489 e. The predicted molar refractivity (Wildman–Crippen MR) is 127 cm³/mol. The Labute approximate surface area is 197 Å². The Morgan fingerprint density at radius 1 is 1.35 bits per heavy atom. The molecule has 3 atom stereocenters. The number of benzene rings is 1. The second kappa shape index (κ2) is 11.1. The van der Waals surface area contributed by atoms with Crippen LogP contribution in [-0.2, 0) is 15.8 Å². The number of nitrogens with one attached hydrogen (secondary N) is 1. The van der Waals surface area contributed by atoms with Crippen LogP contribution in [0.4, 0.5) is 0 Å². The third-order valence-electron chi connectivity index (χ3n) is 5.21. The number of carbonyl (C=O) groups excluding carboxylic acids is 1. The first-order chi connectivity index (χ1) is 14.5. The first kappa shape index (κ1) is 26.1. The number of carbonyl (C=O) groups is 1. The number of rotatable bonds is 8. The van der Waals surface area contributed by atoms with Crippen molar-refractivity contribution in [3.63, 3.8) is 0 Å². The molecule has 6 nitrogen and oxygen atoms in total. The molecule has 1 unspecified atom stereocenters. The van der Waals surface area contributed by atoms with Crippen molar-refractivity contribution in [2.45, 2.75) is 57.4 Å². The molecule has 0 radical (unpaired) electrons. The van der Waals surface area contributed by atoms with Crippen molar-refractivity contribution in [3.05, 3.63) is 40.4 Å². The SMILES string of the molecule is C=CCOc1cc(Cl)c(Cl)cc1[C@H](NS(=O)C(C)(C)C)C1CCN(C(=O)[C@@H](C)O)CC1. The molecule has 1 saturated heterocycles. The van der Waals surface area contributed by atoms with Gasteiger partial charge in [0.1, 0.15) is 18.5 Å². The molecule has 31 heavy (non-hydrogen) atoms. The van der Waals surface area contributed by atoms with Crippen LogP contribution in [0.25, 0.3) is 0 Å². The molecule has 1 aliphatic heterocycles. The van der Waals surface area contributed by atoms with E-state index >= 15 is 0 Å². The molecule has 174 valence electrons. The van der Waals surface area contributed by atoms with Gasteiger partial charge in [-0.25, -0.2) is 8.93 Å². The summed E-state index contributed by atoms with van der Waals surface area (Å²) in [7, 11) is -1.34. The molecule has 9 heteroatoms. The maximum atomic E-state index is 13.0. The van der Waals surface area contributed by atoms with Crippen LogP contribution in [0.1, 0.15) is 52.1 Å². The summed E-state index contributed by atoms with van der Waals surface area (Å²) in [6, 6.07) is 3.11. The number of piperidine rings is 1. The highest BCUT2D eigenvalue weighted by atomic mass is 35.5. The first-order valence-corrected chi connectivity index (χ1v) is 12.2. The van der Waals surface area contributed by atoms with Crippen molar-refractivity contribution in [3.8, 4) is 5.75 Å². The van der Waals surface area contributed by atoms with E-state index in [1.54, 1.807) is 23.1 Å². The van der Waals surface area contributed by atoms with Crippen LogP contribution in [-0.4, -0.2) is 50.7 Å². The smallest absolute Gasteiger partial charge is 0.251 e. The molecule has 0 aromatic heterocycles. The van der Waals surface area contributed by atoms with E-state index in [1.165, 1.54) is 6.92 Å². The number of aliphatic hydroxyl groups excluding tert-OH is 1. The van der Waals surface area contributed by atoms with Crippen molar-refractivity contribution in [2.24, 2.45) is 5.92 Å². The van der Waals surface area contributed by atoms with Gasteiger partial charge in [-0.05, 0) is 52.5 Å². The highest BCUT2D eigenvalue weighted by molar-refractivity contribution is 7.84. The number of aliphatic hydroxyl groups is 1. The highest BCUT2D eigenvalue weighted by Crippen LogP contribution is 2.40. The molecule has 1 aliphatic rings. The molecule has 0 bridgehead atoms. The Morgan fingerprint density at radius 3 is 2.45 bits per heavy atom. The lowest BCUT2D eigenvalue weighted by atomic mass is 9.85. The molecule has 0 saturated carbocycles. The Kier molecular flexibility index (Phi) is 9.40. The van der Waals surface area contributed by atoms with Gasteiger partial charge in [0, 0.05) is 24.7 Å². The average molecular weight is 491 g/mol. The van der Waals surface area contributed by atoms with Gasteiger partial charge in [0.15, 0.2) is 0 Å². The van der Waals surface area contributed by atoms with Gasteiger partial charge in [-0.2, -0.15) is 0 Å². The normalized spacial score (nSPS) is 18.4. The molecule has 1 aromatic carbocycles. The monoisotopic (exact) mass is 490 g/mol. The fraction of sp³-hybridized carbons (Fsp3) is 0.591. The summed E-state index contributed by atoms with van der Waals surface area (Å²) in [5.41, 5.74) is 0.772. The van der Waals surface area contributed by atoms with Gasteiger partial charge in [-0.3, -0.25) is 4.79 Å². The van der Waals surface area contributed by atoms with E-state index in [9.17, 15) is 14.1 Å². The molecule has 1 fully saturated rings. The number of likely N-dealkylation sites (tertiary alicyclic amines) is 1. The van der Waals surface area contributed by atoms with Crippen LogP contribution in [0.3, 0.4) is 0 Å². The fourth-order valence-corrected chi connectivity index (χ4v) is 4.71. The van der Waals surface area contributed by atoms with Gasteiger partial charge < -0.3 is 14.7 Å². The van der Waals surface area contributed by atoms with Crippen molar-refractivity contribution < 1.29 is 18.8 Å². The topological polar surface area (TPSA) is 78.9 Å². The lowest BCUT2D eigenvalue weighted by Gasteiger charge is -2.38. The third-order valence-corrected chi connectivity index (χ3v) is 7.52. The molecule has 0 spiro atoms. The summed E-state index contributed by atoms with van der Waals surface area (Å²) in [6.45, 7) is 12.2. The number of ether oxygens (including phenoxy) is 1. The third kappa shape index (κ3) is 6.93. The van der Waals surface area contributed by atoms with Gasteiger partial charge in [0.25, 0.3) is 5.91 Å². The number of nitrogens with zero attached hydrogens (tertiary/aromatic N) is 1. The van der Waals surface area contributed by atoms with E-state index in [0.717, 1.165) is 5.56 Å². The molecule has 1 heterocycles. The number of halogens is 2. The number of hydrogen-bond acceptors (Lipinski definition) is 4. The summed E-state index contributed by atoms with van der Waals surface area (Å²) in [4.78, 5) is 13.8. The Bertz CT molecular complexity index is 818. The summed E-state index contributed by atoms with van der Waals surface area (Å²) < 4.78 is 21.7. The zero-order valence-electron chi connectivity index (χ0n) is 18.5. The Balaban J connectivity index is 2.38. The molecule has 2 N–H and O–H groups in total. The van der Waals surface area contributed by atoms with Crippen molar-refractivity contribution in [2.75, 3.05) is 19.7 Å². The zero-order chi connectivity index (χ0) is 23.3. The zero-order valence-corrected chi connectivity index (χ0v) is 20.8. The number of hydrogen-bond donors (Lipinski definition) is 2. The average Bonchev–Trinajstić information content (AvgIpc) is 2.71. The fourth-order valence-electron chi connectivity index (χ4n) is 3.48. The highest BCUT2D eigenvalue weighted by Gasteiger charge is 2.35. The van der Waals surface area contributed by atoms with Crippen LogP contribution >= 0.6 is 23.2 Å². The summed E-state index contributed by atoms with van der Waals surface area (Å²) in [6.07, 6.45) is 1.98. The molecule has 0 aliphatic carbocycles. The summed E-state index contributed by atoms with van der Waals surface area (Å²) in [5.74, 6) is 0.360. The Hall–Kier alpha value is -1.12. The molecular formula is C22H32Cl2N2O4S. The standard InChI is InChI=1S/C22H32Cl2N2O4S/c1-6-11-30-19-13-18(24)17(23)12-16(19)20(25-31(29)22(3,4)5)15-7-9-26(10-8-15)21(28)14(2)27/h6,12-15,20,25,27H,1,7-11H2,2-5H3/t14-,20-,31?/m1/s1. The van der Waals surface area contributed by atoms with E-state index in [2.05, 4.69) is 11.3 Å². The van der Waals surface area contributed by atoms with Crippen LogP contribution in [0.15, 0.2) is 24.8 Å². The minimum atomic E-state index is -1.34. The van der Waals surface area contributed by atoms with E-state index in [-0.39, 0.29) is 17.9 Å². The van der Waals surface area contributed by atoms with Crippen LogP contribution in [0.5, 0.6) is 5.75 Å². The lowest BCUT2D eigenvalue weighted by molar-refractivity contribution is -0.140. The van der Waals surface area contributed by atoms with Crippen molar-refractivity contribution in [1.82, 2.24) is 9.62 Å². The predicted octanol–water partition coefficient (Wildman–Crippen LogP) is 4.27. The van der Waals surface area contributed by atoms with E-state index in [1.807, 2.05) is 20.8 Å². The molecular weight excluding hydrogens is 459 g/mol. The lowest BCUT2D eigenvalue weighted by Crippen LogP contribution is -2.46. The van der Waals surface area contributed by atoms with Gasteiger partial charge in [-0.1, -0.05) is 35.9 Å². The second-order valence-corrected chi connectivity index (χ2v) is 11.5. The second-order valence-electron chi connectivity index (χ2n) is 8.72. The Morgan fingerprint density at radius 2 is 1.94 bits per heavy atom. The molecule has 1 aromatic rings. The van der Waals surface area contributed by atoms with Crippen LogP contribution in [0.2, 0.25) is 10.0 Å². The van der Waals surface area contributed by atoms with E-state index in [4.69, 9.17) is 27.9 Å². The number of amides is 1. The van der Waals surface area contributed by atoms with Crippen molar-refractivity contribution in [1.29, 1.82) is 0 Å². The van der Waals surface area contributed by atoms with Crippen LogP contribution < -0.4 is 9.46 Å². The maximum Gasteiger partial charge on any atom is 0.251 e. The van der Waals surface area contributed by atoms with Crippen LogP contribution in [0, 0.1) is 5.92 Å². The summed E-state index contributed by atoms with van der Waals surface area (Å²) >= 11 is 12.6. The quantitative estimate of drug-likeness (QED) is 0.533. The summed E-state index contributed by atoms with van der Waals surface area (Å²) in [5, 5.41) is 10.4.